The second kappa shape index (κ2) is 3.68. The van der Waals surface area contributed by atoms with Crippen molar-refractivity contribution in [3.8, 4) is 0 Å². The first-order chi connectivity index (χ1) is 9.65. The Morgan fingerprint density at radius 2 is 1.75 bits per heavy atom. The standard InChI is InChI=1S/C19H25N/c1-19(2)10-13-5-3-4-6-14(13)18(19)20-17-15-11-7-8-12(9-11)16(15)17/h3-6,11-12,15-18,20H,7-10H2,1-2H3. The van der Waals surface area contributed by atoms with Gasteiger partial charge in [0.05, 0.1) is 0 Å². The maximum atomic E-state index is 4.10. The summed E-state index contributed by atoms with van der Waals surface area (Å²) in [5.74, 6) is 4.22. The van der Waals surface area contributed by atoms with Crippen LogP contribution in [0, 0.1) is 29.1 Å². The van der Waals surface area contributed by atoms with Crippen LogP contribution in [0.2, 0.25) is 0 Å². The van der Waals surface area contributed by atoms with Crippen molar-refractivity contribution in [2.45, 2.75) is 51.6 Å². The summed E-state index contributed by atoms with van der Waals surface area (Å²) >= 11 is 0. The first-order valence-electron chi connectivity index (χ1n) is 8.49. The van der Waals surface area contributed by atoms with Gasteiger partial charge in [0, 0.05) is 12.1 Å². The van der Waals surface area contributed by atoms with E-state index in [-0.39, 0.29) is 0 Å². The molecule has 0 heterocycles. The van der Waals surface area contributed by atoms with E-state index in [1.54, 1.807) is 17.5 Å². The molecule has 1 aromatic rings. The fourth-order valence-corrected chi connectivity index (χ4v) is 6.05. The number of hydrogen-bond donors (Lipinski definition) is 1. The van der Waals surface area contributed by atoms with Gasteiger partial charge in [-0.15, -0.1) is 0 Å². The summed E-state index contributed by atoms with van der Waals surface area (Å²) in [6.45, 7) is 4.88. The van der Waals surface area contributed by atoms with Crippen LogP contribution in [0.25, 0.3) is 0 Å². The van der Waals surface area contributed by atoms with E-state index >= 15 is 0 Å². The largest absolute Gasteiger partial charge is 0.306 e. The molecule has 4 aliphatic carbocycles. The number of hydrogen-bond acceptors (Lipinski definition) is 1. The monoisotopic (exact) mass is 267 g/mol. The Bertz CT molecular complexity index is 545. The Morgan fingerprint density at radius 1 is 1.05 bits per heavy atom. The number of rotatable bonds is 2. The van der Waals surface area contributed by atoms with Crippen molar-refractivity contribution in [2.75, 3.05) is 0 Å². The van der Waals surface area contributed by atoms with Crippen molar-refractivity contribution in [3.05, 3.63) is 35.4 Å². The van der Waals surface area contributed by atoms with E-state index in [1.165, 1.54) is 19.3 Å². The SMILES string of the molecule is CC1(C)Cc2ccccc2C1NC1C2C3CCC(C3)C12. The second-order valence-corrected chi connectivity index (χ2v) is 8.48. The summed E-state index contributed by atoms with van der Waals surface area (Å²) in [5.41, 5.74) is 3.53. The lowest BCUT2D eigenvalue weighted by atomic mass is 9.85. The van der Waals surface area contributed by atoms with Crippen LogP contribution in [0.4, 0.5) is 0 Å². The highest BCUT2D eigenvalue weighted by Gasteiger charge is 2.65. The zero-order valence-corrected chi connectivity index (χ0v) is 12.6. The van der Waals surface area contributed by atoms with Crippen LogP contribution in [0.1, 0.15) is 50.3 Å². The number of nitrogens with one attached hydrogen (secondary N) is 1. The van der Waals surface area contributed by atoms with Gasteiger partial charge in [0.15, 0.2) is 0 Å². The van der Waals surface area contributed by atoms with Crippen LogP contribution in [0.3, 0.4) is 0 Å². The van der Waals surface area contributed by atoms with Crippen molar-refractivity contribution in [3.63, 3.8) is 0 Å². The first-order valence-corrected chi connectivity index (χ1v) is 8.49. The summed E-state index contributed by atoms with van der Waals surface area (Å²) in [7, 11) is 0. The molecule has 0 radical (unpaired) electrons. The minimum atomic E-state index is 0.375. The molecule has 20 heavy (non-hydrogen) atoms. The fourth-order valence-electron chi connectivity index (χ4n) is 6.05. The lowest BCUT2D eigenvalue weighted by molar-refractivity contribution is 0.254. The van der Waals surface area contributed by atoms with Gasteiger partial charge in [0.2, 0.25) is 0 Å². The normalized spacial score (nSPS) is 46.3. The summed E-state index contributed by atoms with van der Waals surface area (Å²) < 4.78 is 0. The molecule has 1 heteroatoms. The van der Waals surface area contributed by atoms with Gasteiger partial charge in [-0.2, -0.15) is 0 Å². The van der Waals surface area contributed by atoms with Gasteiger partial charge < -0.3 is 5.32 Å². The minimum Gasteiger partial charge on any atom is -0.306 e. The molecule has 0 spiro atoms. The highest BCUT2D eigenvalue weighted by atomic mass is 15.1. The summed E-state index contributed by atoms with van der Waals surface area (Å²) in [4.78, 5) is 0. The average molecular weight is 267 g/mol. The van der Waals surface area contributed by atoms with Crippen LogP contribution in [-0.2, 0) is 6.42 Å². The molecule has 5 atom stereocenters. The van der Waals surface area contributed by atoms with E-state index in [4.69, 9.17) is 0 Å². The molecule has 0 saturated heterocycles. The third-order valence-electron chi connectivity index (χ3n) is 6.89. The molecule has 1 N–H and O–H groups in total. The van der Waals surface area contributed by atoms with Crippen molar-refractivity contribution < 1.29 is 0 Å². The Morgan fingerprint density at radius 3 is 2.50 bits per heavy atom. The molecule has 5 rings (SSSR count). The van der Waals surface area contributed by atoms with Crippen LogP contribution in [0.15, 0.2) is 24.3 Å². The van der Waals surface area contributed by atoms with E-state index in [1.807, 2.05) is 0 Å². The zero-order valence-electron chi connectivity index (χ0n) is 12.6. The van der Waals surface area contributed by atoms with Gasteiger partial charge in [-0.05, 0) is 65.9 Å². The first kappa shape index (κ1) is 11.8. The van der Waals surface area contributed by atoms with Crippen LogP contribution in [0.5, 0.6) is 0 Å². The van der Waals surface area contributed by atoms with Gasteiger partial charge in [0.1, 0.15) is 0 Å². The average Bonchev–Trinajstić information content (AvgIpc) is 2.72. The van der Waals surface area contributed by atoms with E-state index in [2.05, 4.69) is 43.4 Å². The Balaban J connectivity index is 1.42. The fraction of sp³-hybridized carbons (Fsp3) is 0.684. The molecular formula is C19H25N. The third kappa shape index (κ3) is 1.43. The maximum absolute atomic E-state index is 4.10. The summed E-state index contributed by atoms with van der Waals surface area (Å²) in [5, 5.41) is 4.10. The second-order valence-electron chi connectivity index (χ2n) is 8.48. The Hall–Kier alpha value is -0.820. The molecule has 3 saturated carbocycles. The Labute approximate surface area is 122 Å². The van der Waals surface area contributed by atoms with Gasteiger partial charge in [0.25, 0.3) is 0 Å². The highest BCUT2D eigenvalue weighted by Crippen LogP contribution is 2.66. The molecule has 4 aliphatic rings. The summed E-state index contributed by atoms with van der Waals surface area (Å²) in [6.07, 6.45) is 5.83. The number of fused-ring (bicyclic) bond motifs is 6. The summed E-state index contributed by atoms with van der Waals surface area (Å²) in [6, 6.07) is 10.5. The van der Waals surface area contributed by atoms with E-state index < -0.39 is 0 Å². The molecular weight excluding hydrogens is 242 g/mol. The van der Waals surface area contributed by atoms with Gasteiger partial charge in [-0.3, -0.25) is 0 Å². The highest BCUT2D eigenvalue weighted by molar-refractivity contribution is 5.38. The molecule has 0 aliphatic heterocycles. The smallest absolute Gasteiger partial charge is 0.0380 e. The molecule has 2 bridgehead atoms. The van der Waals surface area contributed by atoms with Crippen molar-refractivity contribution in [1.82, 2.24) is 5.32 Å². The maximum Gasteiger partial charge on any atom is 0.0380 e. The lowest BCUT2D eigenvalue weighted by Gasteiger charge is -2.30. The minimum absolute atomic E-state index is 0.375. The molecule has 0 aromatic heterocycles. The topological polar surface area (TPSA) is 12.0 Å². The van der Waals surface area contributed by atoms with Crippen LogP contribution >= 0.6 is 0 Å². The molecule has 1 nitrogen and oxygen atoms in total. The van der Waals surface area contributed by atoms with Crippen molar-refractivity contribution in [2.24, 2.45) is 29.1 Å². The lowest BCUT2D eigenvalue weighted by Crippen LogP contribution is -2.35. The van der Waals surface area contributed by atoms with E-state index in [0.29, 0.717) is 11.5 Å². The molecule has 1 aromatic carbocycles. The zero-order chi connectivity index (χ0) is 13.5. The van der Waals surface area contributed by atoms with Crippen molar-refractivity contribution in [1.29, 1.82) is 0 Å². The predicted molar refractivity (Wildman–Crippen MR) is 81.4 cm³/mol. The number of benzene rings is 1. The third-order valence-corrected chi connectivity index (χ3v) is 6.89. The Kier molecular flexibility index (Phi) is 2.17. The molecule has 106 valence electrons. The molecule has 3 fully saturated rings. The predicted octanol–water partition coefficient (Wildman–Crippen LogP) is 3.94. The molecule has 0 amide bonds. The quantitative estimate of drug-likeness (QED) is 0.855. The van der Waals surface area contributed by atoms with Crippen molar-refractivity contribution >= 4 is 0 Å². The van der Waals surface area contributed by atoms with Gasteiger partial charge >= 0.3 is 0 Å². The van der Waals surface area contributed by atoms with E-state index in [0.717, 1.165) is 29.7 Å². The van der Waals surface area contributed by atoms with Gasteiger partial charge in [-0.25, -0.2) is 0 Å². The van der Waals surface area contributed by atoms with Crippen LogP contribution in [-0.4, -0.2) is 6.04 Å². The molecule has 5 unspecified atom stereocenters. The van der Waals surface area contributed by atoms with Gasteiger partial charge in [-0.1, -0.05) is 38.1 Å². The van der Waals surface area contributed by atoms with E-state index in [9.17, 15) is 0 Å². The van der Waals surface area contributed by atoms with Crippen LogP contribution < -0.4 is 5.32 Å².